The van der Waals surface area contributed by atoms with Crippen LogP contribution in [0.2, 0.25) is 0 Å². The lowest BCUT2D eigenvalue weighted by Crippen LogP contribution is -2.41. The molecule has 0 bridgehead atoms. The number of methoxy groups -OCH3 is 1. The second-order valence-corrected chi connectivity index (χ2v) is 17.6. The number of esters is 2. The quantitative estimate of drug-likeness (QED) is 0.209. The van der Waals surface area contributed by atoms with Crippen LogP contribution in [0.1, 0.15) is 110 Å². The van der Waals surface area contributed by atoms with Gasteiger partial charge >= 0.3 is 11.9 Å². The molecule has 4 aliphatic carbocycles. The molecule has 2 aromatic heterocycles. The Morgan fingerprint density at radius 1 is 0.667 bits per heavy atom. The van der Waals surface area contributed by atoms with E-state index >= 15 is 0 Å². The molecule has 0 radical (unpaired) electrons. The highest BCUT2D eigenvalue weighted by atomic mass is 16.6. The van der Waals surface area contributed by atoms with Crippen molar-refractivity contribution in [3.8, 4) is 5.75 Å². The third kappa shape index (κ3) is 5.54. The van der Waals surface area contributed by atoms with Gasteiger partial charge in [-0.25, -0.2) is 9.97 Å². The van der Waals surface area contributed by atoms with Crippen LogP contribution in [-0.4, -0.2) is 29.0 Å². The zero-order chi connectivity index (χ0) is 38.7. The van der Waals surface area contributed by atoms with Crippen molar-refractivity contribution >= 4 is 58.9 Å². The van der Waals surface area contributed by atoms with Gasteiger partial charge in [-0.1, -0.05) is 103 Å². The summed E-state index contributed by atoms with van der Waals surface area (Å²) in [4.78, 5) is 38.5. The summed E-state index contributed by atoms with van der Waals surface area (Å²) in [6.45, 7) is 21.6. The Kier molecular flexibility index (Phi) is 7.84. The molecular formula is C47H48N2O5. The Hall–Kier alpha value is -5.30. The van der Waals surface area contributed by atoms with Crippen molar-refractivity contribution in [3.63, 3.8) is 0 Å². The molecule has 3 aromatic rings. The van der Waals surface area contributed by atoms with Gasteiger partial charge in [0.2, 0.25) is 0 Å². The Bertz CT molecular complexity index is 2450. The van der Waals surface area contributed by atoms with E-state index in [4.69, 9.17) is 24.2 Å². The number of benzene rings is 1. The molecule has 0 amide bonds. The average Bonchev–Trinajstić information content (AvgIpc) is 3.09. The maximum absolute atomic E-state index is 14.0. The molecule has 0 N–H and O–H groups in total. The minimum atomic E-state index is -0.702. The molecule has 1 aromatic carbocycles. The first kappa shape index (κ1) is 35.7. The number of carbonyl (C=O) groups is 2. The smallest absolute Gasteiger partial charge is 0.322 e. The van der Waals surface area contributed by atoms with Crippen LogP contribution in [0.4, 0.5) is 0 Å². The molecule has 7 nitrogen and oxygen atoms in total. The minimum absolute atomic E-state index is 0.207. The van der Waals surface area contributed by atoms with Crippen molar-refractivity contribution in [2.24, 2.45) is 21.7 Å². The fourth-order valence-electron chi connectivity index (χ4n) is 8.69. The van der Waals surface area contributed by atoms with Gasteiger partial charge in [0, 0.05) is 49.1 Å². The number of nitrogens with zero attached hydrogens (tertiary/aromatic N) is 2. The van der Waals surface area contributed by atoms with Crippen molar-refractivity contribution in [1.82, 2.24) is 9.97 Å². The van der Waals surface area contributed by atoms with Gasteiger partial charge in [0.1, 0.15) is 23.6 Å². The summed E-state index contributed by atoms with van der Waals surface area (Å²) < 4.78 is 18.5. The topological polar surface area (TPSA) is 87.6 Å². The molecular weight excluding hydrogens is 673 g/mol. The van der Waals surface area contributed by atoms with Crippen LogP contribution in [0, 0.1) is 21.7 Å². The fourth-order valence-corrected chi connectivity index (χ4v) is 8.69. The number of ether oxygens (including phenoxy) is 3. The van der Waals surface area contributed by atoms with Crippen LogP contribution in [0.5, 0.6) is 5.75 Å². The maximum atomic E-state index is 14.0. The monoisotopic (exact) mass is 720 g/mol. The summed E-state index contributed by atoms with van der Waals surface area (Å²) in [5.74, 6) is -0.458. The van der Waals surface area contributed by atoms with Gasteiger partial charge in [-0.05, 0) is 67.0 Å². The summed E-state index contributed by atoms with van der Waals surface area (Å²) >= 11 is 0. The first-order chi connectivity index (χ1) is 25.3. The molecule has 8 rings (SSSR count). The van der Waals surface area contributed by atoms with Crippen molar-refractivity contribution in [2.45, 2.75) is 81.6 Å². The summed E-state index contributed by atoms with van der Waals surface area (Å²) in [6.07, 6.45) is 12.3. The minimum Gasteiger partial charge on any atom is -0.497 e. The Labute approximate surface area is 316 Å². The Morgan fingerprint density at radius 2 is 1.09 bits per heavy atom. The summed E-state index contributed by atoms with van der Waals surface area (Å²) in [7, 11) is 1.65. The van der Waals surface area contributed by atoms with Crippen molar-refractivity contribution < 1.29 is 23.8 Å². The lowest BCUT2D eigenvalue weighted by atomic mass is 9.59. The van der Waals surface area contributed by atoms with E-state index in [0.29, 0.717) is 28.7 Å². The van der Waals surface area contributed by atoms with Gasteiger partial charge in [0.15, 0.2) is 11.5 Å². The van der Waals surface area contributed by atoms with E-state index in [-0.39, 0.29) is 10.8 Å². The predicted octanol–water partition coefficient (Wildman–Crippen LogP) is 6.97. The molecule has 276 valence electrons. The third-order valence-corrected chi connectivity index (χ3v) is 12.3. The second kappa shape index (κ2) is 11.8. The first-order valence-electron chi connectivity index (χ1n) is 18.8. The Balaban J connectivity index is 1.54. The van der Waals surface area contributed by atoms with Gasteiger partial charge in [-0.3, -0.25) is 9.59 Å². The van der Waals surface area contributed by atoms with Gasteiger partial charge in [-0.2, -0.15) is 0 Å². The number of pyridine rings is 2. The van der Waals surface area contributed by atoms with E-state index in [9.17, 15) is 9.59 Å². The summed E-state index contributed by atoms with van der Waals surface area (Å²) in [6, 6.07) is 12.3. The SMILES string of the molecule is COc1ccc(C2C3=C(OC(=O)CC(=O)OC4=C2C(C)(C)C(C)=c2cc5c(nc24)=CC(C)(C)C=C5)c2nc4c(cc2=C(C)C3(C)C)C=CC(C)(C)C=4)cc1. The van der Waals surface area contributed by atoms with Gasteiger partial charge in [0.05, 0.1) is 17.8 Å². The number of rotatable bonds is 2. The number of allylic oxidation sites excluding steroid dienone is 4. The standard InChI is InChI=1S/C47H48N2O5/c1-25-31-20-28-16-18-44(3,4)23-33(28)48-40(31)42-38(46(25,7)8)37(27-12-14-30(52-11)15-13-27)39-43(54-36(51)22-35(50)53-42)41-32(26(2)47(39,9)10)21-29-17-19-45(5,6)24-34(29)49-41/h12-21,23-24,37H,22H2,1-11H3. The lowest BCUT2D eigenvalue weighted by Gasteiger charge is -2.45. The summed E-state index contributed by atoms with van der Waals surface area (Å²) in [5, 5.41) is 3.49. The highest BCUT2D eigenvalue weighted by Crippen LogP contribution is 2.58. The predicted molar refractivity (Wildman–Crippen MR) is 214 cm³/mol. The molecule has 0 saturated carbocycles. The van der Waals surface area contributed by atoms with E-state index in [0.717, 1.165) is 60.1 Å². The van der Waals surface area contributed by atoms with Crippen LogP contribution in [0.15, 0.2) is 59.7 Å². The van der Waals surface area contributed by atoms with Crippen molar-refractivity contribution in [3.05, 3.63) is 109 Å². The number of hydrogen-bond donors (Lipinski definition) is 0. The van der Waals surface area contributed by atoms with Gasteiger partial charge in [0.25, 0.3) is 0 Å². The largest absolute Gasteiger partial charge is 0.497 e. The number of hydrogen-bond acceptors (Lipinski definition) is 7. The third-order valence-electron chi connectivity index (χ3n) is 12.3. The highest BCUT2D eigenvalue weighted by Gasteiger charge is 2.49. The molecule has 0 saturated heterocycles. The normalized spacial score (nSPS) is 21.6. The first-order valence-corrected chi connectivity index (χ1v) is 18.8. The van der Waals surface area contributed by atoms with Crippen molar-refractivity contribution in [1.29, 1.82) is 0 Å². The fraction of sp³-hybridized carbons (Fsp3) is 0.362. The zero-order valence-corrected chi connectivity index (χ0v) is 33.1. The van der Waals surface area contributed by atoms with E-state index < -0.39 is 35.1 Å². The zero-order valence-electron chi connectivity index (χ0n) is 33.1. The molecule has 5 aliphatic rings. The van der Waals surface area contributed by atoms with Gasteiger partial charge in [-0.15, -0.1) is 0 Å². The van der Waals surface area contributed by atoms with Gasteiger partial charge < -0.3 is 14.2 Å². The molecule has 0 spiro atoms. The van der Waals surface area contributed by atoms with E-state index in [1.165, 1.54) is 0 Å². The molecule has 0 atom stereocenters. The highest BCUT2D eigenvalue weighted by molar-refractivity contribution is 5.98. The van der Waals surface area contributed by atoms with E-state index in [1.54, 1.807) is 7.11 Å². The molecule has 0 fully saturated rings. The Morgan fingerprint density at radius 3 is 1.50 bits per heavy atom. The molecule has 3 heterocycles. The molecule has 1 aliphatic heterocycles. The van der Waals surface area contributed by atoms with Crippen LogP contribution in [0.3, 0.4) is 0 Å². The summed E-state index contributed by atoms with van der Waals surface area (Å²) in [5.41, 5.74) is 6.36. The number of fused-ring (bicyclic) bond motifs is 6. The maximum Gasteiger partial charge on any atom is 0.322 e. The van der Waals surface area contributed by atoms with Crippen LogP contribution < -0.4 is 25.9 Å². The van der Waals surface area contributed by atoms with Crippen LogP contribution in [-0.2, 0) is 19.1 Å². The number of aromatic nitrogens is 2. The molecule has 0 unspecified atom stereocenters. The average molecular weight is 721 g/mol. The van der Waals surface area contributed by atoms with Crippen molar-refractivity contribution in [2.75, 3.05) is 7.11 Å². The number of carbonyl (C=O) groups excluding carboxylic acids is 2. The van der Waals surface area contributed by atoms with E-state index in [2.05, 4.69) is 130 Å². The second-order valence-electron chi connectivity index (χ2n) is 17.6. The van der Waals surface area contributed by atoms with Crippen LogP contribution >= 0.6 is 0 Å². The lowest BCUT2D eigenvalue weighted by molar-refractivity contribution is -0.147. The molecule has 7 heteroatoms. The van der Waals surface area contributed by atoms with E-state index in [1.807, 2.05) is 12.1 Å². The molecule has 54 heavy (non-hydrogen) atoms. The van der Waals surface area contributed by atoms with Crippen LogP contribution in [0.25, 0.3) is 47.0 Å².